The lowest BCUT2D eigenvalue weighted by atomic mass is 9.75. The monoisotopic (exact) mass is 259 g/mol. The van der Waals surface area contributed by atoms with E-state index in [0.29, 0.717) is 12.0 Å². The van der Waals surface area contributed by atoms with Gasteiger partial charge in [0.15, 0.2) is 0 Å². The minimum atomic E-state index is -0.160. The Morgan fingerprint density at radius 1 is 0.944 bits per heavy atom. The van der Waals surface area contributed by atoms with Gasteiger partial charge in [-0.15, -0.1) is 0 Å². The molecule has 0 bridgehead atoms. The summed E-state index contributed by atoms with van der Waals surface area (Å²) in [6.45, 7) is 9.00. The highest BCUT2D eigenvalue weighted by atomic mass is 16.5. The molecule has 0 fully saturated rings. The quantitative estimate of drug-likeness (QED) is 0.449. The van der Waals surface area contributed by atoms with Crippen molar-refractivity contribution in [3.8, 4) is 0 Å². The van der Waals surface area contributed by atoms with E-state index in [1.807, 2.05) is 0 Å². The zero-order valence-corrected chi connectivity index (χ0v) is 12.9. The number of hydrogen-bond donors (Lipinski definition) is 1. The van der Waals surface area contributed by atoms with Gasteiger partial charge < -0.3 is 10.9 Å². The third-order valence-corrected chi connectivity index (χ3v) is 4.16. The number of carbonyl (C=O) groups is 1. The molecule has 0 aromatic heterocycles. The Morgan fingerprint density at radius 2 is 1.44 bits per heavy atom. The number of ether oxygens (including phenoxy) is 1. The molecule has 0 rings (SSSR count). The van der Waals surface area contributed by atoms with Crippen LogP contribution in [0.3, 0.4) is 0 Å². The molecular formula is C15H33NO2. The maximum atomic E-state index is 10.6. The Morgan fingerprint density at radius 3 is 1.89 bits per heavy atom. The molecule has 0 saturated heterocycles. The van der Waals surface area contributed by atoms with Crippen LogP contribution in [0.4, 0.5) is 0 Å². The van der Waals surface area contributed by atoms with Gasteiger partial charge in [-0.1, -0.05) is 59.3 Å². The summed E-state index contributed by atoms with van der Waals surface area (Å²) in [4.78, 5) is 10.6. The third-order valence-electron chi connectivity index (χ3n) is 4.16. The molecule has 3 N–H and O–H groups in total. The van der Waals surface area contributed by atoms with Crippen LogP contribution in [0, 0.1) is 5.41 Å². The second kappa shape index (κ2) is 11.5. The Balaban J connectivity index is 0. The number of carbonyl (C=O) groups excluding carboxylic acids is 1. The number of hydrogen-bond acceptors (Lipinski definition) is 3. The fraction of sp³-hybridized carbons (Fsp3) is 0.933. The maximum Gasteiger partial charge on any atom is 0.302 e. The summed E-state index contributed by atoms with van der Waals surface area (Å²) in [6, 6.07) is 0. The highest BCUT2D eigenvalue weighted by molar-refractivity contribution is 5.65. The van der Waals surface area contributed by atoms with Gasteiger partial charge in [0.25, 0.3) is 0 Å². The number of rotatable bonds is 10. The van der Waals surface area contributed by atoms with Gasteiger partial charge in [0.05, 0.1) is 6.61 Å². The first-order valence-corrected chi connectivity index (χ1v) is 7.23. The Hall–Kier alpha value is -0.570. The van der Waals surface area contributed by atoms with Gasteiger partial charge in [-0.3, -0.25) is 4.79 Å². The molecule has 0 atom stereocenters. The predicted molar refractivity (Wildman–Crippen MR) is 78.0 cm³/mol. The van der Waals surface area contributed by atoms with Gasteiger partial charge in [0.2, 0.25) is 0 Å². The molecule has 0 radical (unpaired) electrons. The highest BCUT2D eigenvalue weighted by Gasteiger charge is 2.22. The van der Waals surface area contributed by atoms with Crippen molar-refractivity contribution in [1.82, 2.24) is 6.15 Å². The first-order valence-electron chi connectivity index (χ1n) is 7.23. The first-order chi connectivity index (χ1) is 8.10. The summed E-state index contributed by atoms with van der Waals surface area (Å²) in [5.74, 6) is -0.160. The van der Waals surface area contributed by atoms with Gasteiger partial charge in [0.1, 0.15) is 0 Å². The molecular weight excluding hydrogens is 226 g/mol. The first kappa shape index (κ1) is 19.8. The van der Waals surface area contributed by atoms with E-state index in [2.05, 4.69) is 20.8 Å². The maximum absolute atomic E-state index is 10.6. The van der Waals surface area contributed by atoms with Gasteiger partial charge in [0, 0.05) is 6.92 Å². The van der Waals surface area contributed by atoms with Gasteiger partial charge >= 0.3 is 5.97 Å². The SMILES string of the molecule is CCC(CC)(CC)CCCCCCOC(C)=O.N. The molecule has 0 aromatic carbocycles. The predicted octanol–water partition coefficient (Wildman–Crippen LogP) is 4.88. The van der Waals surface area contributed by atoms with E-state index in [0.717, 1.165) is 6.42 Å². The van der Waals surface area contributed by atoms with Crippen LogP contribution in [0.1, 0.15) is 79.1 Å². The summed E-state index contributed by atoms with van der Waals surface area (Å²) in [5.41, 5.74) is 0.579. The van der Waals surface area contributed by atoms with E-state index < -0.39 is 0 Å². The Kier molecular flexibility index (Phi) is 12.6. The molecule has 18 heavy (non-hydrogen) atoms. The van der Waals surface area contributed by atoms with E-state index in [9.17, 15) is 4.79 Å². The van der Waals surface area contributed by atoms with Crippen LogP contribution in [-0.4, -0.2) is 12.6 Å². The second-order valence-electron chi connectivity index (χ2n) is 5.06. The Bertz CT molecular complexity index is 192. The average molecular weight is 259 g/mol. The zero-order chi connectivity index (χ0) is 13.1. The standard InChI is InChI=1S/C15H30O2.H3N/c1-5-15(6-2,7-3)12-10-8-9-11-13-17-14(4)16;/h5-13H2,1-4H3;1H3. The summed E-state index contributed by atoms with van der Waals surface area (Å²) in [7, 11) is 0. The van der Waals surface area contributed by atoms with Crippen molar-refractivity contribution in [3.05, 3.63) is 0 Å². The molecule has 110 valence electrons. The van der Waals surface area contributed by atoms with E-state index in [1.165, 1.54) is 51.9 Å². The molecule has 3 heteroatoms. The van der Waals surface area contributed by atoms with Crippen LogP contribution in [0.2, 0.25) is 0 Å². The molecule has 3 nitrogen and oxygen atoms in total. The zero-order valence-electron chi connectivity index (χ0n) is 12.9. The van der Waals surface area contributed by atoms with Crippen LogP contribution in [0.15, 0.2) is 0 Å². The minimum Gasteiger partial charge on any atom is -0.466 e. The van der Waals surface area contributed by atoms with Crippen LogP contribution in [0.25, 0.3) is 0 Å². The van der Waals surface area contributed by atoms with Crippen molar-refractivity contribution >= 4 is 5.97 Å². The van der Waals surface area contributed by atoms with Crippen molar-refractivity contribution in [2.75, 3.05) is 6.61 Å². The van der Waals surface area contributed by atoms with E-state index in [1.54, 1.807) is 0 Å². The molecule has 0 aliphatic carbocycles. The molecule has 0 aliphatic heterocycles. The molecule has 0 unspecified atom stereocenters. The topological polar surface area (TPSA) is 61.3 Å². The fourth-order valence-corrected chi connectivity index (χ4v) is 2.45. The van der Waals surface area contributed by atoms with Crippen molar-refractivity contribution in [2.45, 2.75) is 79.1 Å². The van der Waals surface area contributed by atoms with Crippen molar-refractivity contribution in [3.63, 3.8) is 0 Å². The summed E-state index contributed by atoms with van der Waals surface area (Å²) < 4.78 is 4.91. The van der Waals surface area contributed by atoms with Crippen molar-refractivity contribution < 1.29 is 9.53 Å². The second-order valence-corrected chi connectivity index (χ2v) is 5.06. The van der Waals surface area contributed by atoms with Crippen LogP contribution in [0.5, 0.6) is 0 Å². The summed E-state index contributed by atoms with van der Waals surface area (Å²) in [5, 5.41) is 0. The smallest absolute Gasteiger partial charge is 0.302 e. The molecule has 0 aromatic rings. The van der Waals surface area contributed by atoms with Gasteiger partial charge in [-0.05, 0) is 18.3 Å². The minimum absolute atomic E-state index is 0. The van der Waals surface area contributed by atoms with Crippen molar-refractivity contribution in [1.29, 1.82) is 0 Å². The lowest BCUT2D eigenvalue weighted by Gasteiger charge is -2.30. The third kappa shape index (κ3) is 8.51. The average Bonchev–Trinajstić information content (AvgIpc) is 2.33. The van der Waals surface area contributed by atoms with E-state index in [4.69, 9.17) is 4.74 Å². The van der Waals surface area contributed by atoms with Gasteiger partial charge in [-0.25, -0.2) is 0 Å². The fourth-order valence-electron chi connectivity index (χ4n) is 2.45. The molecule has 0 aliphatic rings. The molecule has 0 amide bonds. The van der Waals surface area contributed by atoms with Gasteiger partial charge in [-0.2, -0.15) is 0 Å². The van der Waals surface area contributed by atoms with E-state index in [-0.39, 0.29) is 12.1 Å². The molecule has 0 heterocycles. The molecule has 0 spiro atoms. The van der Waals surface area contributed by atoms with Crippen LogP contribution < -0.4 is 6.15 Å². The normalized spacial score (nSPS) is 10.9. The van der Waals surface area contributed by atoms with Crippen LogP contribution >= 0.6 is 0 Å². The van der Waals surface area contributed by atoms with Crippen LogP contribution in [-0.2, 0) is 9.53 Å². The highest BCUT2D eigenvalue weighted by Crippen LogP contribution is 2.36. The number of esters is 1. The summed E-state index contributed by atoms with van der Waals surface area (Å²) >= 11 is 0. The Labute approximate surface area is 113 Å². The van der Waals surface area contributed by atoms with E-state index >= 15 is 0 Å². The largest absolute Gasteiger partial charge is 0.466 e. The van der Waals surface area contributed by atoms with Crippen molar-refractivity contribution in [2.24, 2.45) is 5.41 Å². The lowest BCUT2D eigenvalue weighted by molar-refractivity contribution is -0.141. The summed E-state index contributed by atoms with van der Waals surface area (Å²) in [6.07, 6.45) is 10.0. The molecule has 0 saturated carbocycles. The number of unbranched alkanes of at least 4 members (excludes halogenated alkanes) is 3. The lowest BCUT2D eigenvalue weighted by Crippen LogP contribution is -2.17.